The van der Waals surface area contributed by atoms with E-state index in [9.17, 15) is 0 Å². The van der Waals surface area contributed by atoms with Crippen molar-refractivity contribution in [3.63, 3.8) is 0 Å². The Morgan fingerprint density at radius 1 is 0.857 bits per heavy atom. The smallest absolute Gasteiger partial charge is 0.0279 e. The van der Waals surface area contributed by atoms with Crippen molar-refractivity contribution in [2.45, 2.75) is 90.9 Å². The first-order chi connectivity index (χ1) is 10.2. The molecule has 0 N–H and O–H groups in total. The maximum Gasteiger partial charge on any atom is -0.0279 e. The number of rotatable bonds is 10. The molecule has 0 radical (unpaired) electrons. The van der Waals surface area contributed by atoms with E-state index in [-0.39, 0.29) is 0 Å². The highest BCUT2D eigenvalue weighted by molar-refractivity contribution is 5.21. The third-order valence-electron chi connectivity index (χ3n) is 5.71. The van der Waals surface area contributed by atoms with Gasteiger partial charge in [0.15, 0.2) is 0 Å². The zero-order chi connectivity index (χ0) is 15.0. The number of hydrogen-bond donors (Lipinski definition) is 0. The van der Waals surface area contributed by atoms with Crippen LogP contribution in [0.25, 0.3) is 0 Å². The Bertz CT molecular complexity index is 377. The molecule has 1 fully saturated rings. The van der Waals surface area contributed by atoms with Crippen LogP contribution in [0, 0.1) is 12.3 Å². The maximum atomic E-state index is 2.39. The predicted octanol–water partition coefficient (Wildman–Crippen LogP) is 6.85. The Balaban J connectivity index is 1.44. The number of benzene rings is 1. The summed E-state index contributed by atoms with van der Waals surface area (Å²) in [6.45, 7) is 4.56. The lowest BCUT2D eigenvalue weighted by atomic mass is 9.64. The Labute approximate surface area is 132 Å². The molecular formula is C21H34. The first kappa shape index (κ1) is 16.6. The van der Waals surface area contributed by atoms with Crippen molar-refractivity contribution in [3.8, 4) is 0 Å². The summed E-state index contributed by atoms with van der Waals surface area (Å²) in [5, 5.41) is 0. The van der Waals surface area contributed by atoms with Crippen LogP contribution < -0.4 is 0 Å². The molecule has 0 atom stereocenters. The van der Waals surface area contributed by atoms with Crippen LogP contribution in [0.5, 0.6) is 0 Å². The van der Waals surface area contributed by atoms with E-state index in [4.69, 9.17) is 0 Å². The second-order valence-electron chi connectivity index (χ2n) is 7.31. The molecule has 1 aliphatic rings. The molecule has 0 saturated heterocycles. The average Bonchev–Trinajstić information content (AvgIpc) is 2.46. The van der Waals surface area contributed by atoms with Gasteiger partial charge in [0.1, 0.15) is 0 Å². The Morgan fingerprint density at radius 3 is 2.05 bits per heavy atom. The minimum Gasteiger partial charge on any atom is -0.0649 e. The molecule has 0 aromatic heterocycles. The summed E-state index contributed by atoms with van der Waals surface area (Å²) < 4.78 is 0. The van der Waals surface area contributed by atoms with Gasteiger partial charge in [-0.15, -0.1) is 0 Å². The van der Waals surface area contributed by atoms with E-state index in [0.29, 0.717) is 0 Å². The average molecular weight is 287 g/mol. The predicted molar refractivity (Wildman–Crippen MR) is 93.8 cm³/mol. The van der Waals surface area contributed by atoms with Crippen LogP contribution in [-0.2, 0) is 6.42 Å². The van der Waals surface area contributed by atoms with Crippen LogP contribution in [-0.4, -0.2) is 0 Å². The van der Waals surface area contributed by atoms with Crippen LogP contribution in [0.3, 0.4) is 0 Å². The largest absolute Gasteiger partial charge is 0.0649 e. The van der Waals surface area contributed by atoms with Gasteiger partial charge in [0.25, 0.3) is 0 Å². The van der Waals surface area contributed by atoms with Gasteiger partial charge in [-0.1, -0.05) is 81.7 Å². The highest BCUT2D eigenvalue weighted by atomic mass is 14.4. The summed E-state index contributed by atoms with van der Waals surface area (Å²) in [6.07, 6.45) is 17.3. The van der Waals surface area contributed by atoms with Gasteiger partial charge in [-0.2, -0.15) is 0 Å². The van der Waals surface area contributed by atoms with E-state index in [1.54, 1.807) is 0 Å². The van der Waals surface area contributed by atoms with Crippen molar-refractivity contribution >= 4 is 0 Å². The lowest BCUT2D eigenvalue weighted by Gasteiger charge is -2.41. The molecule has 0 unspecified atom stereocenters. The number of unbranched alkanes of at least 4 members (excludes halogenated alkanes) is 5. The Kier molecular flexibility index (Phi) is 6.80. The van der Waals surface area contributed by atoms with E-state index in [1.165, 1.54) is 88.2 Å². The van der Waals surface area contributed by atoms with Gasteiger partial charge in [-0.05, 0) is 50.0 Å². The molecule has 0 bridgehead atoms. The molecular weight excluding hydrogens is 252 g/mol. The summed E-state index contributed by atoms with van der Waals surface area (Å²) in [5.41, 5.74) is 3.66. The molecule has 0 heterocycles. The summed E-state index contributed by atoms with van der Waals surface area (Å²) in [4.78, 5) is 0. The highest BCUT2D eigenvalue weighted by Gasteiger charge is 2.33. The van der Waals surface area contributed by atoms with Gasteiger partial charge in [0.05, 0.1) is 0 Å². The monoisotopic (exact) mass is 286 g/mol. The molecule has 0 aliphatic heterocycles. The SMILES string of the molecule is CCC1(CCCCCCCCc2ccc(C)cc2)CCC1. The van der Waals surface area contributed by atoms with E-state index in [2.05, 4.69) is 38.1 Å². The normalized spacial score (nSPS) is 16.7. The van der Waals surface area contributed by atoms with Gasteiger partial charge >= 0.3 is 0 Å². The number of hydrogen-bond acceptors (Lipinski definition) is 0. The van der Waals surface area contributed by atoms with Crippen LogP contribution >= 0.6 is 0 Å². The second-order valence-corrected chi connectivity index (χ2v) is 7.31. The van der Waals surface area contributed by atoms with Crippen LogP contribution in [0.1, 0.15) is 88.7 Å². The van der Waals surface area contributed by atoms with Crippen LogP contribution in [0.15, 0.2) is 24.3 Å². The van der Waals surface area contributed by atoms with Crippen LogP contribution in [0.4, 0.5) is 0 Å². The molecule has 0 spiro atoms. The molecule has 0 nitrogen and oxygen atoms in total. The lowest BCUT2D eigenvalue weighted by Crippen LogP contribution is -2.28. The van der Waals surface area contributed by atoms with Crippen molar-refractivity contribution in [1.29, 1.82) is 0 Å². The van der Waals surface area contributed by atoms with Gasteiger partial charge in [0, 0.05) is 0 Å². The standard InChI is InChI=1S/C21H34/c1-3-21(17-10-18-21)16-9-7-5-4-6-8-11-20-14-12-19(2)13-15-20/h12-15H,3-11,16-18H2,1-2H3. The minimum atomic E-state index is 0.783. The van der Waals surface area contributed by atoms with Crippen molar-refractivity contribution in [2.24, 2.45) is 5.41 Å². The fourth-order valence-corrected chi connectivity index (χ4v) is 3.75. The van der Waals surface area contributed by atoms with E-state index in [0.717, 1.165) is 5.41 Å². The number of aryl methyl sites for hydroxylation is 2. The topological polar surface area (TPSA) is 0 Å². The Morgan fingerprint density at radius 2 is 1.48 bits per heavy atom. The van der Waals surface area contributed by atoms with Crippen molar-refractivity contribution in [2.75, 3.05) is 0 Å². The second kappa shape index (κ2) is 8.61. The molecule has 118 valence electrons. The summed E-state index contributed by atoms with van der Waals surface area (Å²) in [5.74, 6) is 0. The quantitative estimate of drug-likeness (QED) is 0.413. The van der Waals surface area contributed by atoms with Crippen molar-refractivity contribution < 1.29 is 0 Å². The highest BCUT2D eigenvalue weighted by Crippen LogP contribution is 2.47. The van der Waals surface area contributed by atoms with Crippen LogP contribution in [0.2, 0.25) is 0 Å². The molecule has 0 amide bonds. The molecule has 1 aromatic carbocycles. The summed E-state index contributed by atoms with van der Waals surface area (Å²) >= 11 is 0. The van der Waals surface area contributed by atoms with E-state index in [1.807, 2.05) is 0 Å². The fraction of sp³-hybridized carbons (Fsp3) is 0.714. The zero-order valence-electron chi connectivity index (χ0n) is 14.3. The maximum absolute atomic E-state index is 2.39. The van der Waals surface area contributed by atoms with Gasteiger partial charge in [-0.25, -0.2) is 0 Å². The lowest BCUT2D eigenvalue weighted by molar-refractivity contribution is 0.109. The molecule has 2 rings (SSSR count). The zero-order valence-corrected chi connectivity index (χ0v) is 14.3. The molecule has 1 aromatic rings. The summed E-state index contributed by atoms with van der Waals surface area (Å²) in [7, 11) is 0. The van der Waals surface area contributed by atoms with Gasteiger partial charge < -0.3 is 0 Å². The van der Waals surface area contributed by atoms with Crippen molar-refractivity contribution in [3.05, 3.63) is 35.4 Å². The molecule has 1 aliphatic carbocycles. The Hall–Kier alpha value is -0.780. The summed E-state index contributed by atoms with van der Waals surface area (Å²) in [6, 6.07) is 9.05. The third kappa shape index (κ3) is 5.49. The molecule has 1 saturated carbocycles. The fourth-order valence-electron chi connectivity index (χ4n) is 3.75. The van der Waals surface area contributed by atoms with Crippen molar-refractivity contribution in [1.82, 2.24) is 0 Å². The van der Waals surface area contributed by atoms with E-state index >= 15 is 0 Å². The van der Waals surface area contributed by atoms with Gasteiger partial charge in [0.2, 0.25) is 0 Å². The first-order valence-corrected chi connectivity index (χ1v) is 9.30. The first-order valence-electron chi connectivity index (χ1n) is 9.30. The molecule has 0 heteroatoms. The molecule has 21 heavy (non-hydrogen) atoms. The minimum absolute atomic E-state index is 0.783. The third-order valence-corrected chi connectivity index (χ3v) is 5.71. The van der Waals surface area contributed by atoms with Gasteiger partial charge in [-0.3, -0.25) is 0 Å². The van der Waals surface area contributed by atoms with E-state index < -0.39 is 0 Å².